The molecule has 0 radical (unpaired) electrons. The van der Waals surface area contributed by atoms with Crippen molar-refractivity contribution in [3.05, 3.63) is 24.3 Å². The quantitative estimate of drug-likeness (QED) is 0.602. The molecule has 0 heterocycles. The fourth-order valence-electron chi connectivity index (χ4n) is 1.46. The zero-order chi connectivity index (χ0) is 8.10. The van der Waals surface area contributed by atoms with Crippen LogP contribution in [-0.2, 0) is 0 Å². The average Bonchev–Trinajstić information content (AvgIpc) is 2.07. The highest BCUT2D eigenvalue weighted by Crippen LogP contribution is 2.20. The van der Waals surface area contributed by atoms with E-state index in [9.17, 15) is 5.11 Å². The Hall–Kier alpha value is -0.560. The van der Waals surface area contributed by atoms with E-state index >= 15 is 0 Å². The molecule has 1 aliphatic carbocycles. The van der Waals surface area contributed by atoms with Crippen LogP contribution in [-0.4, -0.2) is 11.2 Å². The van der Waals surface area contributed by atoms with E-state index in [0.29, 0.717) is 5.92 Å². The van der Waals surface area contributed by atoms with Gasteiger partial charge in [0.2, 0.25) is 0 Å². The van der Waals surface area contributed by atoms with Crippen molar-refractivity contribution in [2.75, 3.05) is 0 Å². The van der Waals surface area contributed by atoms with Gasteiger partial charge in [-0.25, -0.2) is 0 Å². The Labute approximate surface area is 68.4 Å². The Morgan fingerprint density at radius 3 is 3.00 bits per heavy atom. The van der Waals surface area contributed by atoms with Gasteiger partial charge in [0.1, 0.15) is 0 Å². The summed E-state index contributed by atoms with van der Waals surface area (Å²) in [4.78, 5) is 0. The smallest absolute Gasteiger partial charge is 0.0783 e. The van der Waals surface area contributed by atoms with E-state index in [4.69, 9.17) is 0 Å². The highest BCUT2D eigenvalue weighted by atomic mass is 16.3. The van der Waals surface area contributed by atoms with Gasteiger partial charge in [-0.05, 0) is 26.2 Å². The molecular formula is C10H16O. The molecule has 2 atom stereocenters. The monoisotopic (exact) mass is 152 g/mol. The number of hydrogen-bond acceptors (Lipinski definition) is 1. The Kier molecular flexibility index (Phi) is 3.37. The lowest BCUT2D eigenvalue weighted by atomic mass is 9.91. The van der Waals surface area contributed by atoms with Gasteiger partial charge >= 0.3 is 0 Å². The first kappa shape index (κ1) is 8.54. The molecule has 0 spiro atoms. The van der Waals surface area contributed by atoms with E-state index in [-0.39, 0.29) is 6.10 Å². The third kappa shape index (κ3) is 2.51. The lowest BCUT2D eigenvalue weighted by Gasteiger charge is -2.19. The molecule has 0 saturated carbocycles. The van der Waals surface area contributed by atoms with E-state index in [1.165, 1.54) is 12.8 Å². The van der Waals surface area contributed by atoms with Crippen LogP contribution in [0.5, 0.6) is 0 Å². The highest BCUT2D eigenvalue weighted by molar-refractivity contribution is 5.01. The Bertz CT molecular complexity index is 158. The van der Waals surface area contributed by atoms with E-state index in [0.717, 1.165) is 6.42 Å². The standard InChI is InChI=1S/C10H16O/c1-2-6-10(11)9-7-4-3-5-8-9/h2,4,6-7,9-11H,3,5,8H2,1H3/b6-2+. The first-order valence-electron chi connectivity index (χ1n) is 4.32. The topological polar surface area (TPSA) is 20.2 Å². The predicted octanol–water partition coefficient (Wildman–Crippen LogP) is 2.28. The Balaban J connectivity index is 2.45. The average molecular weight is 152 g/mol. The molecule has 0 aliphatic heterocycles. The number of rotatable bonds is 2. The summed E-state index contributed by atoms with van der Waals surface area (Å²) in [5.41, 5.74) is 0. The van der Waals surface area contributed by atoms with Crippen molar-refractivity contribution < 1.29 is 5.11 Å². The highest BCUT2D eigenvalue weighted by Gasteiger charge is 2.14. The third-order valence-corrected chi connectivity index (χ3v) is 2.12. The van der Waals surface area contributed by atoms with E-state index in [1.807, 2.05) is 19.1 Å². The Morgan fingerprint density at radius 2 is 2.45 bits per heavy atom. The van der Waals surface area contributed by atoms with Gasteiger partial charge in [0.05, 0.1) is 6.10 Å². The van der Waals surface area contributed by atoms with E-state index in [1.54, 1.807) is 0 Å². The van der Waals surface area contributed by atoms with Crippen molar-refractivity contribution in [1.29, 1.82) is 0 Å². The van der Waals surface area contributed by atoms with Gasteiger partial charge < -0.3 is 5.11 Å². The second-order valence-electron chi connectivity index (χ2n) is 3.04. The van der Waals surface area contributed by atoms with Crippen LogP contribution in [0.3, 0.4) is 0 Å². The maximum absolute atomic E-state index is 9.54. The molecule has 2 unspecified atom stereocenters. The minimum atomic E-state index is -0.267. The normalized spacial score (nSPS) is 27.6. The molecule has 1 nitrogen and oxygen atoms in total. The molecule has 0 fully saturated rings. The van der Waals surface area contributed by atoms with Gasteiger partial charge in [-0.1, -0.05) is 24.3 Å². The van der Waals surface area contributed by atoms with Crippen molar-refractivity contribution in [3.63, 3.8) is 0 Å². The van der Waals surface area contributed by atoms with Gasteiger partial charge in [-0.2, -0.15) is 0 Å². The molecule has 0 aromatic heterocycles. The van der Waals surface area contributed by atoms with Crippen LogP contribution in [0.1, 0.15) is 26.2 Å². The molecular weight excluding hydrogens is 136 g/mol. The summed E-state index contributed by atoms with van der Waals surface area (Å²) in [7, 11) is 0. The molecule has 0 aromatic carbocycles. The predicted molar refractivity (Wildman–Crippen MR) is 47.3 cm³/mol. The summed E-state index contributed by atoms with van der Waals surface area (Å²) in [6.45, 7) is 1.94. The van der Waals surface area contributed by atoms with Crippen molar-refractivity contribution in [3.8, 4) is 0 Å². The molecule has 0 aromatic rings. The zero-order valence-electron chi connectivity index (χ0n) is 7.03. The minimum absolute atomic E-state index is 0.267. The Morgan fingerprint density at radius 1 is 1.64 bits per heavy atom. The fourth-order valence-corrected chi connectivity index (χ4v) is 1.46. The summed E-state index contributed by atoms with van der Waals surface area (Å²) in [5.74, 6) is 0.361. The van der Waals surface area contributed by atoms with Gasteiger partial charge in [-0.3, -0.25) is 0 Å². The van der Waals surface area contributed by atoms with Crippen molar-refractivity contribution in [2.24, 2.45) is 5.92 Å². The van der Waals surface area contributed by atoms with Crippen LogP contribution in [0.2, 0.25) is 0 Å². The van der Waals surface area contributed by atoms with Crippen molar-refractivity contribution in [2.45, 2.75) is 32.3 Å². The largest absolute Gasteiger partial charge is 0.388 e. The molecule has 0 amide bonds. The summed E-state index contributed by atoms with van der Waals surface area (Å²) in [6, 6.07) is 0. The molecule has 1 heteroatoms. The van der Waals surface area contributed by atoms with Gasteiger partial charge in [-0.15, -0.1) is 0 Å². The van der Waals surface area contributed by atoms with E-state index in [2.05, 4.69) is 12.2 Å². The first-order chi connectivity index (χ1) is 5.34. The lowest BCUT2D eigenvalue weighted by molar-refractivity contribution is 0.167. The van der Waals surface area contributed by atoms with Gasteiger partial charge in [0.15, 0.2) is 0 Å². The number of hydrogen-bond donors (Lipinski definition) is 1. The van der Waals surface area contributed by atoms with Crippen LogP contribution >= 0.6 is 0 Å². The second-order valence-corrected chi connectivity index (χ2v) is 3.04. The first-order valence-corrected chi connectivity index (χ1v) is 4.32. The van der Waals surface area contributed by atoms with Crippen molar-refractivity contribution >= 4 is 0 Å². The third-order valence-electron chi connectivity index (χ3n) is 2.12. The molecule has 1 rings (SSSR count). The van der Waals surface area contributed by atoms with Gasteiger partial charge in [0, 0.05) is 5.92 Å². The van der Waals surface area contributed by atoms with Crippen LogP contribution in [0.25, 0.3) is 0 Å². The SMILES string of the molecule is C/C=C/C(O)C1C=CCCC1. The summed E-state index contributed by atoms with van der Waals surface area (Å²) >= 11 is 0. The maximum atomic E-state index is 9.54. The van der Waals surface area contributed by atoms with E-state index < -0.39 is 0 Å². The molecule has 0 saturated heterocycles. The van der Waals surface area contributed by atoms with Gasteiger partial charge in [0.25, 0.3) is 0 Å². The number of allylic oxidation sites excluding steroid dienone is 2. The number of aliphatic hydroxyl groups is 1. The van der Waals surface area contributed by atoms with Crippen LogP contribution in [0.15, 0.2) is 24.3 Å². The van der Waals surface area contributed by atoms with Crippen LogP contribution in [0, 0.1) is 5.92 Å². The molecule has 11 heavy (non-hydrogen) atoms. The fraction of sp³-hybridized carbons (Fsp3) is 0.600. The lowest BCUT2D eigenvalue weighted by Crippen LogP contribution is -2.17. The zero-order valence-corrected chi connectivity index (χ0v) is 7.03. The summed E-state index contributed by atoms with van der Waals surface area (Å²) < 4.78 is 0. The molecule has 62 valence electrons. The molecule has 1 N–H and O–H groups in total. The van der Waals surface area contributed by atoms with Crippen LogP contribution < -0.4 is 0 Å². The second kappa shape index (κ2) is 4.35. The molecule has 0 bridgehead atoms. The van der Waals surface area contributed by atoms with Crippen LogP contribution in [0.4, 0.5) is 0 Å². The summed E-state index contributed by atoms with van der Waals surface area (Å²) in [6.07, 6.45) is 11.3. The number of aliphatic hydroxyl groups excluding tert-OH is 1. The minimum Gasteiger partial charge on any atom is -0.388 e. The maximum Gasteiger partial charge on any atom is 0.0783 e. The van der Waals surface area contributed by atoms with Crippen molar-refractivity contribution in [1.82, 2.24) is 0 Å². The molecule has 1 aliphatic rings. The summed E-state index contributed by atoms with van der Waals surface area (Å²) in [5, 5.41) is 9.54.